The second kappa shape index (κ2) is 4.78. The Morgan fingerprint density at radius 2 is 2.14 bits per heavy atom. The second-order valence-corrected chi connectivity index (χ2v) is 5.76. The average Bonchev–Trinajstić information content (AvgIpc) is 2.99. The van der Waals surface area contributed by atoms with Gasteiger partial charge in [0.1, 0.15) is 10.3 Å². The normalized spacial score (nSPS) is 24.0. The first-order chi connectivity index (χ1) is 10.3. The maximum atomic E-state index is 14.0. The van der Waals surface area contributed by atoms with Gasteiger partial charge < -0.3 is 10.0 Å². The third-order valence-electron chi connectivity index (χ3n) is 3.42. The Morgan fingerprint density at radius 3 is 2.73 bits per heavy atom. The number of alkyl halides is 2. The molecule has 1 atom stereocenters. The van der Waals surface area contributed by atoms with Gasteiger partial charge in [-0.05, 0) is 28.1 Å². The van der Waals surface area contributed by atoms with Gasteiger partial charge in [0.15, 0.2) is 5.82 Å². The largest absolute Gasteiger partial charge is 0.369 e. The number of amides is 1. The quantitative estimate of drug-likeness (QED) is 0.784. The molecule has 7 nitrogen and oxygen atoms in total. The number of carbonyl (C=O) groups is 1. The van der Waals surface area contributed by atoms with Crippen molar-refractivity contribution in [3.05, 3.63) is 34.7 Å². The molecular weight excluding hydrogens is 364 g/mol. The summed E-state index contributed by atoms with van der Waals surface area (Å²) in [6.45, 7) is -0.885. The Bertz CT molecular complexity index is 753. The summed E-state index contributed by atoms with van der Waals surface area (Å²) >= 11 is 3.18. The van der Waals surface area contributed by atoms with Crippen LogP contribution < -0.4 is 0 Å². The van der Waals surface area contributed by atoms with E-state index in [1.165, 1.54) is 7.05 Å². The number of hydrogen-bond acceptors (Lipinski definition) is 5. The maximum Gasteiger partial charge on any atom is 0.308 e. The monoisotopic (exact) mass is 373 g/mol. The second-order valence-electron chi connectivity index (χ2n) is 4.94. The van der Waals surface area contributed by atoms with Crippen LogP contribution in [0.5, 0.6) is 0 Å². The fraction of sp³-hybridized carbons (Fsp3) is 0.333. The third kappa shape index (κ3) is 2.02. The number of rotatable bonds is 2. The summed E-state index contributed by atoms with van der Waals surface area (Å²) in [5.74, 6) is -4.48. The van der Waals surface area contributed by atoms with E-state index >= 15 is 0 Å². The van der Waals surface area contributed by atoms with Crippen LogP contribution in [0, 0.1) is 0 Å². The number of carbonyl (C=O) groups excluding carboxylic acids is 1. The van der Waals surface area contributed by atoms with Crippen molar-refractivity contribution in [2.24, 2.45) is 0 Å². The lowest BCUT2D eigenvalue weighted by Gasteiger charge is -2.23. The summed E-state index contributed by atoms with van der Waals surface area (Å²) < 4.78 is 29.7. The lowest BCUT2D eigenvalue weighted by Crippen LogP contribution is -2.47. The van der Waals surface area contributed by atoms with Crippen molar-refractivity contribution in [1.82, 2.24) is 24.9 Å². The fourth-order valence-corrected chi connectivity index (χ4v) is 2.61. The summed E-state index contributed by atoms with van der Waals surface area (Å²) in [7, 11) is 1.19. The number of likely N-dealkylation sites (tertiary alicyclic amines) is 1. The van der Waals surface area contributed by atoms with E-state index in [9.17, 15) is 18.7 Å². The molecular formula is C12H10BrF2N5O2. The highest BCUT2D eigenvalue weighted by atomic mass is 79.9. The van der Waals surface area contributed by atoms with Crippen molar-refractivity contribution >= 4 is 21.8 Å². The molecule has 1 saturated heterocycles. The lowest BCUT2D eigenvalue weighted by molar-refractivity contribution is -0.174. The zero-order valence-corrected chi connectivity index (χ0v) is 12.8. The molecule has 2 aromatic heterocycles. The highest BCUT2D eigenvalue weighted by Gasteiger charge is 2.67. The molecule has 10 heteroatoms. The van der Waals surface area contributed by atoms with Gasteiger partial charge in [0.2, 0.25) is 0 Å². The van der Waals surface area contributed by atoms with Crippen molar-refractivity contribution in [2.45, 2.75) is 11.5 Å². The van der Waals surface area contributed by atoms with Crippen LogP contribution in [0.25, 0.3) is 5.82 Å². The third-order valence-corrected chi connectivity index (χ3v) is 3.86. The van der Waals surface area contributed by atoms with Gasteiger partial charge in [0, 0.05) is 7.05 Å². The molecule has 0 spiro atoms. The van der Waals surface area contributed by atoms with Gasteiger partial charge in [-0.3, -0.25) is 4.79 Å². The number of hydrogen-bond donors (Lipinski definition) is 1. The first kappa shape index (κ1) is 15.0. The molecule has 1 amide bonds. The highest BCUT2D eigenvalue weighted by Crippen LogP contribution is 2.43. The topological polar surface area (TPSA) is 84.1 Å². The molecule has 0 aromatic carbocycles. The van der Waals surface area contributed by atoms with Crippen LogP contribution in [0.2, 0.25) is 0 Å². The van der Waals surface area contributed by atoms with Crippen molar-refractivity contribution in [2.75, 3.05) is 13.6 Å². The summed E-state index contributed by atoms with van der Waals surface area (Å²) in [4.78, 5) is 16.8. The van der Waals surface area contributed by atoms with Crippen molar-refractivity contribution in [1.29, 1.82) is 0 Å². The number of pyridine rings is 1. The molecule has 1 fully saturated rings. The van der Waals surface area contributed by atoms with E-state index < -0.39 is 29.7 Å². The Morgan fingerprint density at radius 1 is 1.41 bits per heavy atom. The van der Waals surface area contributed by atoms with Gasteiger partial charge in [0.05, 0.1) is 12.7 Å². The minimum Gasteiger partial charge on any atom is -0.369 e. The molecule has 2 aromatic rings. The number of aliphatic hydroxyl groups is 1. The minimum atomic E-state index is -3.66. The van der Waals surface area contributed by atoms with Crippen LogP contribution in [0.4, 0.5) is 8.78 Å². The Balaban J connectivity index is 2.05. The fourth-order valence-electron chi connectivity index (χ4n) is 2.28. The summed E-state index contributed by atoms with van der Waals surface area (Å²) in [6.07, 6.45) is 1.07. The van der Waals surface area contributed by atoms with Gasteiger partial charge in [-0.25, -0.2) is 18.4 Å². The summed E-state index contributed by atoms with van der Waals surface area (Å²) in [6, 6.07) is 4.93. The van der Waals surface area contributed by atoms with Crippen LogP contribution in [-0.4, -0.2) is 55.4 Å². The first-order valence-corrected chi connectivity index (χ1v) is 6.96. The van der Waals surface area contributed by atoms with Crippen LogP contribution in [0.15, 0.2) is 29.0 Å². The van der Waals surface area contributed by atoms with Gasteiger partial charge in [-0.15, -0.1) is 5.10 Å². The lowest BCUT2D eigenvalue weighted by atomic mass is 9.95. The average molecular weight is 374 g/mol. The smallest absolute Gasteiger partial charge is 0.308 e. The first-order valence-electron chi connectivity index (χ1n) is 6.17. The van der Waals surface area contributed by atoms with Crippen molar-refractivity contribution in [3.63, 3.8) is 0 Å². The highest BCUT2D eigenvalue weighted by molar-refractivity contribution is 9.10. The number of halogens is 3. The summed E-state index contributed by atoms with van der Waals surface area (Å²) in [5, 5.41) is 17.5. The summed E-state index contributed by atoms with van der Waals surface area (Å²) in [5.41, 5.74) is -3.54. The van der Waals surface area contributed by atoms with Gasteiger partial charge in [-0.1, -0.05) is 11.3 Å². The van der Waals surface area contributed by atoms with Gasteiger partial charge >= 0.3 is 5.92 Å². The van der Waals surface area contributed by atoms with E-state index in [-0.39, 0.29) is 0 Å². The molecule has 0 saturated carbocycles. The molecule has 1 unspecified atom stereocenters. The Kier molecular flexibility index (Phi) is 3.25. The molecule has 22 heavy (non-hydrogen) atoms. The molecule has 3 heterocycles. The van der Waals surface area contributed by atoms with E-state index in [0.29, 0.717) is 10.4 Å². The zero-order chi connectivity index (χ0) is 16.1. The van der Waals surface area contributed by atoms with Crippen LogP contribution in [0.1, 0.15) is 5.69 Å². The Hall–Kier alpha value is -1.94. The van der Waals surface area contributed by atoms with Crippen molar-refractivity contribution in [3.8, 4) is 5.82 Å². The van der Waals surface area contributed by atoms with E-state index in [1.54, 1.807) is 18.2 Å². The minimum absolute atomic E-state index is 0.304. The molecule has 1 aliphatic rings. The van der Waals surface area contributed by atoms with Crippen LogP contribution in [0.3, 0.4) is 0 Å². The molecule has 0 aliphatic carbocycles. The van der Waals surface area contributed by atoms with Crippen LogP contribution in [-0.2, 0) is 10.4 Å². The van der Waals surface area contributed by atoms with E-state index in [1.807, 2.05) is 0 Å². The molecule has 1 N–H and O–H groups in total. The van der Waals surface area contributed by atoms with Gasteiger partial charge in [-0.2, -0.15) is 0 Å². The van der Waals surface area contributed by atoms with E-state index in [2.05, 4.69) is 31.2 Å². The molecule has 0 radical (unpaired) electrons. The predicted octanol–water partition coefficient (Wildman–Crippen LogP) is 0.720. The maximum absolute atomic E-state index is 14.0. The van der Waals surface area contributed by atoms with Gasteiger partial charge in [0.25, 0.3) is 11.5 Å². The molecule has 3 rings (SSSR count). The Labute approximate surface area is 131 Å². The van der Waals surface area contributed by atoms with E-state index in [4.69, 9.17) is 0 Å². The number of nitrogens with zero attached hydrogens (tertiary/aromatic N) is 5. The molecule has 0 bridgehead atoms. The SMILES string of the molecule is CN1CC(F)(F)C(O)(c2cn(-c3cccc(Br)n3)nn2)C1=O. The van der Waals surface area contributed by atoms with E-state index in [0.717, 1.165) is 15.8 Å². The van der Waals surface area contributed by atoms with Crippen molar-refractivity contribution < 1.29 is 18.7 Å². The van der Waals surface area contributed by atoms with Crippen LogP contribution >= 0.6 is 15.9 Å². The number of aromatic nitrogens is 4. The predicted molar refractivity (Wildman–Crippen MR) is 73.3 cm³/mol. The standard InChI is InChI=1S/C12H10BrF2N5O2/c1-19-6-11(14,15)12(22,10(19)21)7-5-20(18-17-7)9-4-2-3-8(13)16-9/h2-5,22H,6H2,1H3. The number of likely N-dealkylation sites (N-methyl/N-ethyl adjacent to an activating group) is 1. The molecule has 116 valence electrons. The zero-order valence-electron chi connectivity index (χ0n) is 11.2. The molecule has 1 aliphatic heterocycles.